The Morgan fingerprint density at radius 2 is 1.79 bits per heavy atom. The van der Waals surface area contributed by atoms with E-state index in [1.165, 1.54) is 25.1 Å². The number of carbonyl (C=O) groups excluding carboxylic acids is 1. The molecule has 222 valence electrons. The minimum Gasteiger partial charge on any atom is -0.449 e. The van der Waals surface area contributed by atoms with E-state index in [-0.39, 0.29) is 40.6 Å². The van der Waals surface area contributed by atoms with Crippen LogP contribution >= 0.6 is 11.6 Å². The van der Waals surface area contributed by atoms with E-state index in [2.05, 4.69) is 15.3 Å². The quantitative estimate of drug-likeness (QED) is 0.417. The summed E-state index contributed by atoms with van der Waals surface area (Å²) in [6.07, 6.45) is -0.385. The number of halogens is 5. The van der Waals surface area contributed by atoms with Gasteiger partial charge in [-0.1, -0.05) is 0 Å². The second kappa shape index (κ2) is 10.7. The molecular formula is C29H27ClF4N4O4. The third-order valence-corrected chi connectivity index (χ3v) is 8.08. The summed E-state index contributed by atoms with van der Waals surface area (Å²) in [4.78, 5) is 16.3. The predicted octanol–water partition coefficient (Wildman–Crippen LogP) is 4.47. The first-order chi connectivity index (χ1) is 20.0. The molecule has 1 aromatic heterocycles. The number of nitrogens with zero attached hydrogens (tertiary/aromatic N) is 3. The van der Waals surface area contributed by atoms with Gasteiger partial charge in [0, 0.05) is 37.3 Å². The lowest BCUT2D eigenvalue weighted by Crippen LogP contribution is -2.66. The maximum absolute atomic E-state index is 15.3. The van der Waals surface area contributed by atoms with Crippen molar-refractivity contribution in [2.24, 2.45) is 5.10 Å². The van der Waals surface area contributed by atoms with Gasteiger partial charge in [0.05, 0.1) is 36.6 Å². The van der Waals surface area contributed by atoms with Crippen molar-refractivity contribution >= 4 is 28.9 Å². The van der Waals surface area contributed by atoms with Crippen LogP contribution in [0.1, 0.15) is 24.2 Å². The van der Waals surface area contributed by atoms with Crippen molar-refractivity contribution in [3.63, 3.8) is 0 Å². The van der Waals surface area contributed by atoms with Gasteiger partial charge in [0.1, 0.15) is 28.8 Å². The Balaban J connectivity index is 1.42. The van der Waals surface area contributed by atoms with Crippen LogP contribution in [0.4, 0.5) is 23.2 Å². The number of morpholine rings is 1. The molecule has 2 aromatic carbocycles. The number of benzene rings is 2. The Hall–Kier alpha value is -3.45. The van der Waals surface area contributed by atoms with Crippen LogP contribution in [0.5, 0.6) is 0 Å². The summed E-state index contributed by atoms with van der Waals surface area (Å²) in [5.41, 5.74) is -2.67. The number of likely N-dealkylation sites (N-methyl/N-ethyl adjacent to an activating group) is 1. The maximum Gasteiger partial charge on any atom is 0.249 e. The van der Waals surface area contributed by atoms with Crippen LogP contribution in [0.3, 0.4) is 0 Å². The standard InChI is InChI=1S/C29H27ClF4N4O4/c1-28(27(39)35-11-18-12-37(2)13-29(42-18)14-40-15-29)25(23-7-8-24(30)41-23)26(19-5-3-16(31)9-20(19)33)36-38(28)22-6-4-17(32)10-21(22)34/h3-10,18,25H,11-15H2,1-2H3,(H,35,39). The molecule has 3 unspecified atom stereocenters. The number of rotatable bonds is 6. The second-order valence-electron chi connectivity index (χ2n) is 11.1. The Kier molecular flexibility index (Phi) is 7.28. The van der Waals surface area contributed by atoms with Gasteiger partial charge in [0.15, 0.2) is 16.6 Å². The smallest absolute Gasteiger partial charge is 0.249 e. The number of ether oxygens (including phenoxy) is 2. The number of hydrogen-bond acceptors (Lipinski definition) is 7. The first kappa shape index (κ1) is 28.7. The molecule has 0 bridgehead atoms. The molecule has 3 atom stereocenters. The molecule has 8 nitrogen and oxygen atoms in total. The fourth-order valence-corrected chi connectivity index (χ4v) is 6.11. The monoisotopic (exact) mass is 606 g/mol. The van der Waals surface area contributed by atoms with Crippen molar-refractivity contribution < 1.29 is 36.2 Å². The third-order valence-electron chi connectivity index (χ3n) is 7.88. The third kappa shape index (κ3) is 4.96. The molecular weight excluding hydrogens is 580 g/mol. The lowest BCUT2D eigenvalue weighted by atomic mass is 9.78. The van der Waals surface area contributed by atoms with Gasteiger partial charge in [-0.3, -0.25) is 4.79 Å². The summed E-state index contributed by atoms with van der Waals surface area (Å²) in [5.74, 6) is -5.26. The van der Waals surface area contributed by atoms with Crippen molar-refractivity contribution in [1.82, 2.24) is 10.2 Å². The van der Waals surface area contributed by atoms with Crippen molar-refractivity contribution in [2.75, 3.05) is 44.9 Å². The zero-order chi connectivity index (χ0) is 29.8. The molecule has 1 spiro atoms. The van der Waals surface area contributed by atoms with Gasteiger partial charge < -0.3 is 24.1 Å². The molecule has 6 rings (SSSR count). The topological polar surface area (TPSA) is 79.5 Å². The fraction of sp³-hybridized carbons (Fsp3) is 0.379. The lowest BCUT2D eigenvalue weighted by molar-refractivity contribution is -0.258. The second-order valence-corrected chi connectivity index (χ2v) is 11.4. The van der Waals surface area contributed by atoms with Gasteiger partial charge in [0.2, 0.25) is 5.91 Å². The molecule has 13 heteroatoms. The van der Waals surface area contributed by atoms with E-state index in [0.29, 0.717) is 38.4 Å². The van der Waals surface area contributed by atoms with Crippen LogP contribution in [0, 0.1) is 23.3 Å². The van der Waals surface area contributed by atoms with Crippen molar-refractivity contribution in [1.29, 1.82) is 0 Å². The number of carbonyl (C=O) groups is 1. The largest absolute Gasteiger partial charge is 0.449 e. The SMILES string of the molecule is CN1CC(CNC(=O)C2(C)C(c3ccc(Cl)o3)C(c3ccc(F)cc3F)=NN2c2ccc(F)cc2F)OC2(COC2)C1. The van der Waals surface area contributed by atoms with Crippen LogP contribution < -0.4 is 10.3 Å². The molecule has 4 heterocycles. The molecule has 1 N–H and O–H groups in total. The van der Waals surface area contributed by atoms with Crippen LogP contribution in [-0.2, 0) is 14.3 Å². The minimum absolute atomic E-state index is 0.00948. The zero-order valence-corrected chi connectivity index (χ0v) is 23.4. The zero-order valence-electron chi connectivity index (χ0n) is 22.7. The molecule has 3 aromatic rings. The van der Waals surface area contributed by atoms with Gasteiger partial charge in [-0.2, -0.15) is 5.10 Å². The van der Waals surface area contributed by atoms with E-state index >= 15 is 8.78 Å². The fourth-order valence-electron chi connectivity index (χ4n) is 5.96. The summed E-state index contributed by atoms with van der Waals surface area (Å²) in [7, 11) is 1.95. The van der Waals surface area contributed by atoms with Crippen LogP contribution in [0.2, 0.25) is 5.22 Å². The first-order valence-corrected chi connectivity index (χ1v) is 13.6. The highest BCUT2D eigenvalue weighted by molar-refractivity contribution is 6.28. The van der Waals surface area contributed by atoms with Gasteiger partial charge in [-0.25, -0.2) is 22.6 Å². The summed E-state index contributed by atoms with van der Waals surface area (Å²) < 4.78 is 75.5. The van der Waals surface area contributed by atoms with E-state index in [0.717, 1.165) is 23.2 Å². The average molecular weight is 607 g/mol. The molecule has 42 heavy (non-hydrogen) atoms. The normalized spacial score (nSPS) is 25.4. The highest BCUT2D eigenvalue weighted by atomic mass is 35.5. The van der Waals surface area contributed by atoms with Crippen molar-refractivity contribution in [3.05, 3.63) is 88.3 Å². The predicted molar refractivity (Wildman–Crippen MR) is 146 cm³/mol. The van der Waals surface area contributed by atoms with E-state index in [9.17, 15) is 13.6 Å². The number of furan rings is 1. The maximum atomic E-state index is 15.3. The number of hydrazone groups is 1. The molecule has 3 aliphatic heterocycles. The summed E-state index contributed by atoms with van der Waals surface area (Å²) in [5, 5.41) is 8.48. The summed E-state index contributed by atoms with van der Waals surface area (Å²) in [6, 6.07) is 8.66. The Bertz CT molecular complexity index is 1560. The average Bonchev–Trinajstić information content (AvgIpc) is 3.47. The molecule has 2 fully saturated rings. The summed E-state index contributed by atoms with van der Waals surface area (Å²) in [6.45, 7) is 3.69. The van der Waals surface area contributed by atoms with E-state index in [4.69, 9.17) is 25.5 Å². The highest BCUT2D eigenvalue weighted by Crippen LogP contribution is 2.46. The van der Waals surface area contributed by atoms with Crippen molar-refractivity contribution in [3.8, 4) is 0 Å². The van der Waals surface area contributed by atoms with Crippen molar-refractivity contribution in [2.45, 2.75) is 30.1 Å². The van der Waals surface area contributed by atoms with Crippen LogP contribution in [0.25, 0.3) is 0 Å². The number of nitrogens with one attached hydrogen (secondary N) is 1. The number of hydrogen-bond donors (Lipinski definition) is 1. The van der Waals surface area contributed by atoms with Gasteiger partial charge in [-0.15, -0.1) is 0 Å². The molecule has 1 amide bonds. The highest BCUT2D eigenvalue weighted by Gasteiger charge is 2.57. The van der Waals surface area contributed by atoms with E-state index in [1.54, 1.807) is 0 Å². The Morgan fingerprint density at radius 3 is 2.40 bits per heavy atom. The number of anilines is 1. The minimum atomic E-state index is -1.80. The van der Waals surface area contributed by atoms with Gasteiger partial charge in [0.25, 0.3) is 0 Å². The Labute approximate surface area is 243 Å². The summed E-state index contributed by atoms with van der Waals surface area (Å²) >= 11 is 6.10. The molecule has 2 saturated heterocycles. The number of amides is 1. The van der Waals surface area contributed by atoms with Crippen LogP contribution in [-0.4, -0.2) is 73.7 Å². The van der Waals surface area contributed by atoms with Gasteiger partial charge >= 0.3 is 0 Å². The molecule has 3 aliphatic rings. The van der Waals surface area contributed by atoms with E-state index < -0.39 is 46.2 Å². The molecule has 0 aliphatic carbocycles. The lowest BCUT2D eigenvalue weighted by Gasteiger charge is -2.50. The van der Waals surface area contributed by atoms with Gasteiger partial charge in [-0.05, 0) is 62.0 Å². The molecule has 0 radical (unpaired) electrons. The Morgan fingerprint density at radius 1 is 1.07 bits per heavy atom. The first-order valence-electron chi connectivity index (χ1n) is 13.3. The molecule has 0 saturated carbocycles. The van der Waals surface area contributed by atoms with E-state index in [1.807, 2.05) is 7.05 Å². The van der Waals surface area contributed by atoms with Crippen LogP contribution in [0.15, 0.2) is 58.0 Å².